The molecule has 7 aromatic carbocycles. The van der Waals surface area contributed by atoms with E-state index in [2.05, 4.69) is 0 Å². The van der Waals surface area contributed by atoms with Crippen LogP contribution < -0.4 is 0 Å². The maximum Gasteiger partial charge on any atom is 0.167 e. The van der Waals surface area contributed by atoms with Crippen molar-refractivity contribution in [3.63, 3.8) is 0 Å². The van der Waals surface area contributed by atoms with E-state index in [0.29, 0.717) is 39.7 Å². The quantitative estimate of drug-likeness (QED) is 0.186. The first kappa shape index (κ1) is 21.9. The minimum atomic E-state index is -0.478. The van der Waals surface area contributed by atoms with Gasteiger partial charge >= 0.3 is 0 Å². The molecule has 3 heterocycles. The zero-order chi connectivity index (χ0) is 39.1. The lowest BCUT2D eigenvalue weighted by Crippen LogP contribution is -2.00. The summed E-state index contributed by atoms with van der Waals surface area (Å²) in [4.78, 5) is 15.0. The molecule has 10 aromatic rings. The molecule has 234 valence electrons. The van der Waals surface area contributed by atoms with Gasteiger partial charge in [0.05, 0.1) is 15.2 Å². The summed E-state index contributed by atoms with van der Waals surface area (Å²) in [5, 5.41) is 2.09. The molecule has 0 unspecified atom stereocenters. The fourth-order valence-electron chi connectivity index (χ4n) is 6.51. The van der Waals surface area contributed by atoms with Gasteiger partial charge < -0.3 is 8.83 Å². The van der Waals surface area contributed by atoms with Gasteiger partial charge in [-0.3, -0.25) is 0 Å². The van der Waals surface area contributed by atoms with Crippen LogP contribution in [0.5, 0.6) is 0 Å². The van der Waals surface area contributed by atoms with E-state index in [1.807, 2.05) is 103 Å². The average Bonchev–Trinajstić information content (AvgIpc) is 3.84. The lowest BCUT2D eigenvalue weighted by atomic mass is 9.98. The number of aromatic nitrogens is 3. The van der Waals surface area contributed by atoms with Crippen molar-refractivity contribution in [3.05, 3.63) is 164 Å². The first-order valence-corrected chi connectivity index (χ1v) is 16.0. The van der Waals surface area contributed by atoms with E-state index in [-0.39, 0.29) is 45.6 Å². The van der Waals surface area contributed by atoms with E-state index in [4.69, 9.17) is 33.4 Å². The van der Waals surface area contributed by atoms with Gasteiger partial charge in [-0.2, -0.15) is 0 Å². The molecule has 5 nitrogen and oxygen atoms in total. The smallest absolute Gasteiger partial charge is 0.167 e. The largest absolute Gasteiger partial charge is 0.456 e. The van der Waals surface area contributed by atoms with Crippen molar-refractivity contribution in [2.75, 3.05) is 0 Å². The van der Waals surface area contributed by atoms with Crippen LogP contribution in [0.2, 0.25) is 0 Å². The minimum Gasteiger partial charge on any atom is -0.456 e. The third kappa shape index (κ3) is 4.67. The third-order valence-electron chi connectivity index (χ3n) is 8.89. The molecule has 0 N–H and O–H groups in total. The average molecular weight is 649 g/mol. The predicted octanol–water partition coefficient (Wildman–Crippen LogP) is 12.0. The fourth-order valence-corrected chi connectivity index (χ4v) is 6.51. The van der Waals surface area contributed by atoms with Crippen molar-refractivity contribution in [2.24, 2.45) is 0 Å². The van der Waals surface area contributed by atoms with Crippen LogP contribution in [0.4, 0.5) is 0 Å². The number of furan rings is 2. The lowest BCUT2D eigenvalue weighted by molar-refractivity contribution is 0.669. The Kier molecular flexibility index (Phi) is 4.99. The van der Waals surface area contributed by atoms with E-state index in [9.17, 15) is 0 Å². The van der Waals surface area contributed by atoms with Gasteiger partial charge in [0.2, 0.25) is 0 Å². The summed E-state index contributed by atoms with van der Waals surface area (Å²) < 4.78 is 72.6. The highest BCUT2D eigenvalue weighted by Gasteiger charge is 2.19. The summed E-state index contributed by atoms with van der Waals surface area (Å²) in [5.74, 6) is 1.12. The summed E-state index contributed by atoms with van der Waals surface area (Å²) in [7, 11) is 0. The van der Waals surface area contributed by atoms with Crippen LogP contribution in [0.25, 0.3) is 100 Å². The Morgan fingerprint density at radius 3 is 1.96 bits per heavy atom. The Morgan fingerprint density at radius 1 is 0.400 bits per heavy atom. The van der Waals surface area contributed by atoms with Gasteiger partial charge in [0.15, 0.2) is 17.5 Å². The van der Waals surface area contributed by atoms with Crippen molar-refractivity contribution in [1.82, 2.24) is 15.0 Å². The van der Waals surface area contributed by atoms with Gasteiger partial charge in [0, 0.05) is 32.7 Å². The van der Waals surface area contributed by atoms with Crippen LogP contribution in [-0.4, -0.2) is 15.0 Å². The molecule has 10 rings (SSSR count). The van der Waals surface area contributed by atoms with Crippen molar-refractivity contribution in [3.8, 4) is 56.4 Å². The normalized spacial score (nSPS) is 13.6. The molecule has 0 amide bonds. The van der Waals surface area contributed by atoms with E-state index < -0.39 is 24.2 Å². The van der Waals surface area contributed by atoms with E-state index in [0.717, 1.165) is 33.0 Å². The first-order valence-electron chi connectivity index (χ1n) is 19.5. The molecule has 0 spiro atoms. The molecule has 0 bridgehead atoms. The van der Waals surface area contributed by atoms with Gasteiger partial charge in [0.25, 0.3) is 0 Å². The number of hydrogen-bond donors (Lipinski definition) is 0. The molecule has 3 aromatic heterocycles. The second kappa shape index (κ2) is 11.4. The maximum absolute atomic E-state index is 9.07. The number of benzene rings is 7. The highest BCUT2D eigenvalue weighted by Crippen LogP contribution is 2.39. The molecule has 0 aliphatic carbocycles. The number of para-hydroxylation sites is 3. The number of hydrogen-bond acceptors (Lipinski definition) is 5. The Morgan fingerprint density at radius 2 is 1.06 bits per heavy atom. The number of nitrogens with zero attached hydrogens (tertiary/aromatic N) is 3. The van der Waals surface area contributed by atoms with Crippen LogP contribution in [0.15, 0.2) is 172 Å². The van der Waals surface area contributed by atoms with Crippen molar-refractivity contribution >= 4 is 43.9 Å². The van der Waals surface area contributed by atoms with Gasteiger partial charge in [-0.05, 0) is 52.5 Å². The maximum atomic E-state index is 9.07. The molecule has 0 aliphatic rings. The fraction of sp³-hybridized carbons (Fsp3) is 0. The Hall–Kier alpha value is -6.85. The summed E-state index contributed by atoms with van der Waals surface area (Å²) in [5.41, 5.74) is 5.86. The molecular weight excluding hydrogens is 615 g/mol. The molecule has 0 saturated carbocycles. The Balaban J connectivity index is 1.20. The Labute approximate surface area is 297 Å². The van der Waals surface area contributed by atoms with Crippen LogP contribution >= 0.6 is 0 Å². The SMILES string of the molecule is [2H]c1c([2H])c([2H])c2c(oc3c([2H])c([2H])c([2H])c(-c4cccc(-c5nc(-c6ccc(-c7ccccc7)cc6)nc(-c6cccc7c6oc6ccccc67)n5)c4)c32)c1[2H]. The van der Waals surface area contributed by atoms with Crippen LogP contribution in [0.3, 0.4) is 0 Å². The van der Waals surface area contributed by atoms with Crippen LogP contribution in [0.1, 0.15) is 9.60 Å². The minimum absolute atomic E-state index is 0.0426. The summed E-state index contributed by atoms with van der Waals surface area (Å²) >= 11 is 0. The van der Waals surface area contributed by atoms with Crippen LogP contribution in [0, 0.1) is 0 Å². The summed E-state index contributed by atoms with van der Waals surface area (Å²) in [6.45, 7) is 0. The van der Waals surface area contributed by atoms with E-state index >= 15 is 0 Å². The molecule has 0 aliphatic heterocycles. The summed E-state index contributed by atoms with van der Waals surface area (Å²) in [6, 6.07) is 36.1. The van der Waals surface area contributed by atoms with E-state index in [1.165, 1.54) is 0 Å². The van der Waals surface area contributed by atoms with Crippen molar-refractivity contribution in [1.29, 1.82) is 0 Å². The second-order valence-corrected chi connectivity index (χ2v) is 11.9. The summed E-state index contributed by atoms with van der Waals surface area (Å²) in [6.07, 6.45) is 0. The van der Waals surface area contributed by atoms with E-state index in [1.54, 1.807) is 18.2 Å². The molecule has 0 atom stereocenters. The molecule has 5 heteroatoms. The van der Waals surface area contributed by atoms with Crippen molar-refractivity contribution in [2.45, 2.75) is 0 Å². The third-order valence-corrected chi connectivity index (χ3v) is 8.89. The van der Waals surface area contributed by atoms with Gasteiger partial charge in [-0.1, -0.05) is 133 Å². The second-order valence-electron chi connectivity index (χ2n) is 11.9. The number of rotatable bonds is 5. The highest BCUT2D eigenvalue weighted by molar-refractivity contribution is 6.12. The van der Waals surface area contributed by atoms with Crippen LogP contribution in [-0.2, 0) is 0 Å². The Bertz CT molecular complexity index is 3270. The van der Waals surface area contributed by atoms with Gasteiger partial charge in [0.1, 0.15) is 22.3 Å². The zero-order valence-corrected chi connectivity index (χ0v) is 26.2. The molecule has 0 saturated heterocycles. The monoisotopic (exact) mass is 648 g/mol. The standard InChI is InChI=1S/C45H27N3O2/c1-2-11-28(12-3-1)29-23-25-30(26-24-29)43-46-44(48-45(47-43)37-19-9-18-35-34-15-4-6-20-38(34)50-42(35)37)32-14-8-13-31(27-32)33-17-10-22-40-41(33)36-16-5-7-21-39(36)49-40/h1-27H/i5D,7D,10D,16D,17D,21D,22D. The lowest BCUT2D eigenvalue weighted by Gasteiger charge is -2.11. The molecular formula is C45H27N3O2. The highest BCUT2D eigenvalue weighted by atomic mass is 16.3. The molecule has 0 fully saturated rings. The van der Waals surface area contributed by atoms with Gasteiger partial charge in [-0.15, -0.1) is 0 Å². The number of fused-ring (bicyclic) bond motifs is 6. The molecule has 0 radical (unpaired) electrons. The van der Waals surface area contributed by atoms with Gasteiger partial charge in [-0.25, -0.2) is 15.0 Å². The first-order chi connectivity index (χ1) is 27.7. The predicted molar refractivity (Wildman–Crippen MR) is 202 cm³/mol. The van der Waals surface area contributed by atoms with Crippen molar-refractivity contribution < 1.29 is 18.4 Å². The zero-order valence-electron chi connectivity index (χ0n) is 33.2. The topological polar surface area (TPSA) is 65.0 Å². The molecule has 50 heavy (non-hydrogen) atoms.